The average Bonchev–Trinajstić information content (AvgIpc) is 2.78. The number of hydrogen-bond acceptors (Lipinski definition) is 1. The van der Waals surface area contributed by atoms with Gasteiger partial charge in [-0.2, -0.15) is 0 Å². The molecule has 2 rings (SSSR count). The quantitative estimate of drug-likeness (QED) is 0.659. The second kappa shape index (κ2) is 5.34. The zero-order valence-electron chi connectivity index (χ0n) is 10.5. The number of nitrogens with one attached hydrogen (secondary N) is 1. The van der Waals surface area contributed by atoms with E-state index in [0.717, 1.165) is 17.8 Å². The third kappa shape index (κ3) is 3.21. The van der Waals surface area contributed by atoms with Crippen molar-refractivity contribution in [3.63, 3.8) is 0 Å². The lowest BCUT2D eigenvalue weighted by molar-refractivity contribution is 0.305. The molecular weight excluding hydrogens is 182 g/mol. The van der Waals surface area contributed by atoms with E-state index in [0.29, 0.717) is 6.04 Å². The molecule has 0 amide bonds. The van der Waals surface area contributed by atoms with Gasteiger partial charge >= 0.3 is 0 Å². The lowest BCUT2D eigenvalue weighted by Crippen LogP contribution is -2.23. The number of unbranched alkanes of at least 4 members (excludes halogenated alkanes) is 1. The molecule has 0 saturated heterocycles. The lowest BCUT2D eigenvalue weighted by Gasteiger charge is -2.21. The SMILES string of the molecule is CC(C)NCCCCC1CC2CCC1C2. The van der Waals surface area contributed by atoms with Crippen molar-refractivity contribution in [1.29, 1.82) is 0 Å². The summed E-state index contributed by atoms with van der Waals surface area (Å²) in [4.78, 5) is 0. The van der Waals surface area contributed by atoms with E-state index in [1.165, 1.54) is 25.8 Å². The van der Waals surface area contributed by atoms with Gasteiger partial charge < -0.3 is 5.32 Å². The van der Waals surface area contributed by atoms with Crippen molar-refractivity contribution >= 4 is 0 Å². The molecule has 2 bridgehead atoms. The first-order valence-electron chi connectivity index (χ1n) is 6.99. The molecule has 0 heterocycles. The summed E-state index contributed by atoms with van der Waals surface area (Å²) in [5.41, 5.74) is 0. The van der Waals surface area contributed by atoms with Gasteiger partial charge in [0, 0.05) is 6.04 Å². The van der Waals surface area contributed by atoms with Crippen molar-refractivity contribution in [3.05, 3.63) is 0 Å². The van der Waals surface area contributed by atoms with E-state index in [-0.39, 0.29) is 0 Å². The van der Waals surface area contributed by atoms with Gasteiger partial charge in [0.2, 0.25) is 0 Å². The molecular formula is C14H27N. The minimum absolute atomic E-state index is 0.660. The second-order valence-electron chi connectivity index (χ2n) is 6.04. The molecule has 2 fully saturated rings. The van der Waals surface area contributed by atoms with Crippen molar-refractivity contribution in [2.24, 2.45) is 17.8 Å². The topological polar surface area (TPSA) is 12.0 Å². The van der Waals surface area contributed by atoms with Gasteiger partial charge in [0.25, 0.3) is 0 Å². The molecule has 3 unspecified atom stereocenters. The fourth-order valence-corrected chi connectivity index (χ4v) is 3.65. The van der Waals surface area contributed by atoms with Crippen LogP contribution in [-0.2, 0) is 0 Å². The van der Waals surface area contributed by atoms with E-state index in [2.05, 4.69) is 19.2 Å². The van der Waals surface area contributed by atoms with E-state index in [1.807, 2.05) is 0 Å². The Balaban J connectivity index is 1.51. The minimum atomic E-state index is 0.660. The Morgan fingerprint density at radius 2 is 2.00 bits per heavy atom. The fourth-order valence-electron chi connectivity index (χ4n) is 3.65. The van der Waals surface area contributed by atoms with Gasteiger partial charge in [-0.05, 0) is 50.0 Å². The largest absolute Gasteiger partial charge is 0.315 e. The highest BCUT2D eigenvalue weighted by molar-refractivity contribution is 4.89. The predicted molar refractivity (Wildman–Crippen MR) is 65.9 cm³/mol. The molecule has 0 radical (unpaired) electrons. The fraction of sp³-hybridized carbons (Fsp3) is 1.00. The van der Waals surface area contributed by atoms with Gasteiger partial charge in [0.05, 0.1) is 0 Å². The van der Waals surface area contributed by atoms with Crippen LogP contribution in [0.3, 0.4) is 0 Å². The second-order valence-corrected chi connectivity index (χ2v) is 6.04. The molecule has 3 atom stereocenters. The standard InChI is InChI=1S/C14H27N/c1-11(2)15-8-4-3-5-13-9-12-6-7-14(13)10-12/h11-15H,3-10H2,1-2H3. The van der Waals surface area contributed by atoms with Crippen molar-refractivity contribution in [2.45, 2.75) is 64.8 Å². The van der Waals surface area contributed by atoms with Gasteiger partial charge in [-0.15, -0.1) is 0 Å². The molecule has 1 nitrogen and oxygen atoms in total. The summed E-state index contributed by atoms with van der Waals surface area (Å²) in [5, 5.41) is 3.50. The molecule has 0 spiro atoms. The molecule has 0 aromatic heterocycles. The maximum atomic E-state index is 3.50. The van der Waals surface area contributed by atoms with Crippen LogP contribution in [0.5, 0.6) is 0 Å². The Labute approximate surface area is 95.0 Å². The highest BCUT2D eigenvalue weighted by Gasteiger charge is 2.38. The van der Waals surface area contributed by atoms with E-state index in [4.69, 9.17) is 0 Å². The summed E-state index contributed by atoms with van der Waals surface area (Å²) < 4.78 is 0. The Hall–Kier alpha value is -0.0400. The molecule has 0 aliphatic heterocycles. The summed E-state index contributed by atoms with van der Waals surface area (Å²) in [6.07, 6.45) is 10.6. The van der Waals surface area contributed by atoms with Gasteiger partial charge in [-0.25, -0.2) is 0 Å². The van der Waals surface area contributed by atoms with Gasteiger partial charge in [-0.3, -0.25) is 0 Å². The Morgan fingerprint density at radius 1 is 1.13 bits per heavy atom. The Kier molecular flexibility index (Phi) is 4.07. The van der Waals surface area contributed by atoms with E-state index in [1.54, 1.807) is 25.7 Å². The summed E-state index contributed by atoms with van der Waals surface area (Å²) in [5.74, 6) is 3.38. The summed E-state index contributed by atoms with van der Waals surface area (Å²) in [6, 6.07) is 0.660. The molecule has 88 valence electrons. The molecule has 15 heavy (non-hydrogen) atoms. The predicted octanol–water partition coefficient (Wildman–Crippen LogP) is 3.59. The van der Waals surface area contributed by atoms with E-state index in [9.17, 15) is 0 Å². The Bertz CT molecular complexity index is 188. The zero-order valence-corrected chi connectivity index (χ0v) is 10.5. The highest BCUT2D eigenvalue weighted by Crippen LogP contribution is 2.49. The smallest absolute Gasteiger partial charge is 0.00103 e. The maximum Gasteiger partial charge on any atom is 0.00103 e. The molecule has 1 N–H and O–H groups in total. The first kappa shape index (κ1) is 11.4. The van der Waals surface area contributed by atoms with Crippen LogP contribution in [0.1, 0.15) is 58.8 Å². The first-order valence-corrected chi connectivity index (χ1v) is 6.99. The summed E-state index contributed by atoms with van der Waals surface area (Å²) in [6.45, 7) is 5.68. The van der Waals surface area contributed by atoms with Crippen LogP contribution in [0.15, 0.2) is 0 Å². The third-order valence-electron chi connectivity index (χ3n) is 4.44. The molecule has 2 aliphatic carbocycles. The van der Waals surface area contributed by atoms with E-state index < -0.39 is 0 Å². The van der Waals surface area contributed by atoms with Crippen LogP contribution < -0.4 is 5.32 Å². The maximum absolute atomic E-state index is 3.50. The van der Waals surface area contributed by atoms with Crippen LogP contribution in [-0.4, -0.2) is 12.6 Å². The van der Waals surface area contributed by atoms with Crippen molar-refractivity contribution in [3.8, 4) is 0 Å². The van der Waals surface area contributed by atoms with Gasteiger partial charge in [-0.1, -0.05) is 33.1 Å². The minimum Gasteiger partial charge on any atom is -0.315 e. The van der Waals surface area contributed by atoms with Crippen molar-refractivity contribution in [2.75, 3.05) is 6.54 Å². The molecule has 0 aromatic carbocycles. The zero-order chi connectivity index (χ0) is 10.7. The number of fused-ring (bicyclic) bond motifs is 2. The van der Waals surface area contributed by atoms with Crippen LogP contribution in [0.4, 0.5) is 0 Å². The van der Waals surface area contributed by atoms with Crippen molar-refractivity contribution < 1.29 is 0 Å². The monoisotopic (exact) mass is 209 g/mol. The first-order chi connectivity index (χ1) is 7.25. The highest BCUT2D eigenvalue weighted by atomic mass is 14.9. The van der Waals surface area contributed by atoms with Crippen LogP contribution in [0.2, 0.25) is 0 Å². The number of rotatable bonds is 6. The summed E-state index contributed by atoms with van der Waals surface area (Å²) in [7, 11) is 0. The molecule has 1 heteroatoms. The van der Waals surface area contributed by atoms with Crippen molar-refractivity contribution in [1.82, 2.24) is 5.32 Å². The normalized spacial score (nSPS) is 34.2. The van der Waals surface area contributed by atoms with Gasteiger partial charge in [0.1, 0.15) is 0 Å². The molecule has 0 aromatic rings. The van der Waals surface area contributed by atoms with E-state index >= 15 is 0 Å². The molecule has 2 aliphatic rings. The average molecular weight is 209 g/mol. The molecule has 2 saturated carbocycles. The van der Waals surface area contributed by atoms with Crippen LogP contribution >= 0.6 is 0 Å². The van der Waals surface area contributed by atoms with Crippen LogP contribution in [0.25, 0.3) is 0 Å². The Morgan fingerprint density at radius 3 is 2.60 bits per heavy atom. The lowest BCUT2D eigenvalue weighted by atomic mass is 9.85. The summed E-state index contributed by atoms with van der Waals surface area (Å²) >= 11 is 0. The third-order valence-corrected chi connectivity index (χ3v) is 4.44. The van der Waals surface area contributed by atoms with Gasteiger partial charge in [0.15, 0.2) is 0 Å². The number of hydrogen-bond donors (Lipinski definition) is 1. The van der Waals surface area contributed by atoms with Crippen LogP contribution in [0, 0.1) is 17.8 Å².